The van der Waals surface area contributed by atoms with Gasteiger partial charge in [-0.2, -0.15) is 0 Å². The summed E-state index contributed by atoms with van der Waals surface area (Å²) in [6.45, 7) is 8.78. The molecule has 0 amide bonds. The van der Waals surface area contributed by atoms with Crippen molar-refractivity contribution in [3.05, 3.63) is 108 Å². The Labute approximate surface area is 494 Å². The van der Waals surface area contributed by atoms with Crippen molar-refractivity contribution in [3.63, 3.8) is 0 Å². The maximum atomic E-state index is 10.9. The molecule has 6 fully saturated rings. The monoisotopic (exact) mass is 1180 g/mol. The molecule has 0 bridgehead atoms. The molecule has 6 aliphatic heterocycles. The Kier molecular flexibility index (Phi) is 24.7. The Morgan fingerprint density at radius 2 is 0.821 bits per heavy atom. The molecule has 6 unspecified atom stereocenters. The van der Waals surface area contributed by atoms with Crippen LogP contribution in [0, 0.1) is 36.0 Å². The molecule has 21 heteroatoms. The van der Waals surface area contributed by atoms with Gasteiger partial charge in [0.25, 0.3) is 0 Å². The van der Waals surface area contributed by atoms with Crippen molar-refractivity contribution in [2.75, 3.05) is 46.2 Å². The third kappa shape index (κ3) is 17.0. The van der Waals surface area contributed by atoms with Crippen molar-refractivity contribution < 1.29 is 86.4 Å². The number of hydrogen-bond acceptors (Lipinski definition) is 21. The third-order valence-corrected chi connectivity index (χ3v) is 17.3. The molecule has 0 aromatic heterocycles. The van der Waals surface area contributed by atoms with Gasteiger partial charge in [-0.3, -0.25) is 0 Å². The Balaban J connectivity index is 0.815. The van der Waals surface area contributed by atoms with E-state index in [1.807, 2.05) is 112 Å². The molecule has 0 aliphatic carbocycles. The molecular formula is C63H91N3O18. The van der Waals surface area contributed by atoms with Gasteiger partial charge in [0, 0.05) is 49.4 Å². The highest BCUT2D eigenvalue weighted by molar-refractivity contribution is 5.15. The second-order valence-electron chi connectivity index (χ2n) is 23.3. The quantitative estimate of drug-likeness (QED) is 0.0489. The fourth-order valence-electron chi connectivity index (χ4n) is 11.9. The van der Waals surface area contributed by atoms with E-state index in [2.05, 4.69) is 12.8 Å². The second-order valence-corrected chi connectivity index (χ2v) is 23.3. The summed E-state index contributed by atoms with van der Waals surface area (Å²) < 4.78 is 96.8. The minimum absolute atomic E-state index is 0.0381. The highest BCUT2D eigenvalue weighted by atomic mass is 16.8. The number of aliphatic hydroxyl groups is 3. The van der Waals surface area contributed by atoms with E-state index in [9.17, 15) is 15.3 Å². The topological polar surface area (TPSA) is 277 Å². The van der Waals surface area contributed by atoms with Crippen LogP contribution in [-0.2, 0) is 90.9 Å². The van der Waals surface area contributed by atoms with Crippen molar-refractivity contribution >= 4 is 0 Å². The normalized spacial score (nSPS) is 39.3. The molecular weight excluding hydrogens is 1090 g/mol. The van der Waals surface area contributed by atoms with Crippen LogP contribution < -0.4 is 17.2 Å². The lowest BCUT2D eigenvalue weighted by Gasteiger charge is -2.48. The molecule has 3 aromatic rings. The summed E-state index contributed by atoms with van der Waals surface area (Å²) in [6.07, 6.45) is -4.18. The SMILES string of the molecule is C#CCCCO[C@@H]1OC(CO)[C@H](O[C@H]2C[C@H](OCc3ccccc3)[C@@H](O[C@@H]3OC(CO)[C@H](O[C@H]4C[C@H](OCc5ccccc5)[C@@H](O[C@@H]5OC(CO)[C@H](O[C@H]6C[C@H](OCc7ccccc7)[C@@H](C)CO6)[C@H](C)C5N)CO4)[C@H](C)C3N)CO2)[C@H](C)C1N. The van der Waals surface area contributed by atoms with Gasteiger partial charge in [-0.1, -0.05) is 119 Å². The summed E-state index contributed by atoms with van der Waals surface area (Å²) in [6, 6.07) is 27.7. The number of unbranched alkanes of at least 4 members (excludes halogenated alkanes) is 1. The first-order valence-corrected chi connectivity index (χ1v) is 30.0. The van der Waals surface area contributed by atoms with Crippen molar-refractivity contribution in [2.24, 2.45) is 40.9 Å². The van der Waals surface area contributed by atoms with Crippen molar-refractivity contribution in [1.82, 2.24) is 0 Å². The van der Waals surface area contributed by atoms with E-state index in [0.717, 1.165) is 16.7 Å². The number of hydrogen-bond donors (Lipinski definition) is 6. The number of ether oxygens (including phenoxy) is 15. The molecule has 0 radical (unpaired) electrons. The van der Waals surface area contributed by atoms with E-state index in [1.54, 1.807) is 0 Å². The van der Waals surface area contributed by atoms with Gasteiger partial charge < -0.3 is 104 Å². The maximum Gasteiger partial charge on any atom is 0.174 e. The van der Waals surface area contributed by atoms with Crippen molar-refractivity contribution in [1.29, 1.82) is 0 Å². The highest BCUT2D eigenvalue weighted by Gasteiger charge is 2.51. The molecule has 6 saturated heterocycles. The first kappa shape index (κ1) is 64.8. The van der Waals surface area contributed by atoms with E-state index in [4.69, 9.17) is 94.7 Å². The predicted octanol–water partition coefficient (Wildman–Crippen LogP) is 4.02. The predicted molar refractivity (Wildman–Crippen MR) is 304 cm³/mol. The number of terminal acetylenes is 1. The number of aliphatic hydroxyl groups excluding tert-OH is 3. The maximum absolute atomic E-state index is 10.9. The molecule has 0 saturated carbocycles. The molecule has 21 nitrogen and oxygen atoms in total. The summed E-state index contributed by atoms with van der Waals surface area (Å²) in [5, 5.41) is 32.1. The molecule has 84 heavy (non-hydrogen) atoms. The number of nitrogens with two attached hydrogens (primary N) is 3. The van der Waals surface area contributed by atoms with Crippen LogP contribution in [0.25, 0.3) is 0 Å². The van der Waals surface area contributed by atoms with E-state index >= 15 is 0 Å². The van der Waals surface area contributed by atoms with Crippen LogP contribution in [0.1, 0.15) is 76.5 Å². The fraction of sp³-hybridized carbons (Fsp3) is 0.683. The van der Waals surface area contributed by atoms with Gasteiger partial charge in [-0.15, -0.1) is 12.3 Å². The van der Waals surface area contributed by atoms with Gasteiger partial charge in [0.1, 0.15) is 30.5 Å². The van der Waals surface area contributed by atoms with E-state index in [-0.39, 0.29) is 76.3 Å². The lowest BCUT2D eigenvalue weighted by atomic mass is 9.88. The first-order valence-electron chi connectivity index (χ1n) is 30.0. The molecule has 24 atom stereocenters. The van der Waals surface area contributed by atoms with Crippen molar-refractivity contribution in [2.45, 2.75) is 203 Å². The zero-order chi connectivity index (χ0) is 59.1. The van der Waals surface area contributed by atoms with Crippen LogP contribution in [0.3, 0.4) is 0 Å². The van der Waals surface area contributed by atoms with E-state index in [0.29, 0.717) is 39.1 Å². The number of benzene rings is 3. The van der Waals surface area contributed by atoms with Gasteiger partial charge in [0.05, 0.1) is 121 Å². The molecule has 0 spiro atoms. The zero-order valence-electron chi connectivity index (χ0n) is 48.9. The second kappa shape index (κ2) is 32.0. The molecule has 9 rings (SSSR count). The summed E-state index contributed by atoms with van der Waals surface area (Å²) >= 11 is 0. The Hall–Kier alpha value is -3.62. The van der Waals surface area contributed by atoms with Gasteiger partial charge in [-0.25, -0.2) is 0 Å². The van der Waals surface area contributed by atoms with E-state index < -0.39 is 129 Å². The average Bonchev–Trinajstić information content (AvgIpc) is 2.75. The summed E-state index contributed by atoms with van der Waals surface area (Å²) in [5.74, 6) is 1.74. The Morgan fingerprint density at radius 3 is 1.21 bits per heavy atom. The average molecular weight is 1180 g/mol. The Bertz CT molecular complexity index is 2400. The highest BCUT2D eigenvalue weighted by Crippen LogP contribution is 2.38. The minimum atomic E-state index is -0.997. The van der Waals surface area contributed by atoms with Crippen LogP contribution >= 0.6 is 0 Å². The Morgan fingerprint density at radius 1 is 0.464 bits per heavy atom. The van der Waals surface area contributed by atoms with Gasteiger partial charge >= 0.3 is 0 Å². The minimum Gasteiger partial charge on any atom is -0.394 e. The largest absolute Gasteiger partial charge is 0.394 e. The molecule has 466 valence electrons. The zero-order valence-corrected chi connectivity index (χ0v) is 48.9. The number of rotatable bonds is 26. The summed E-state index contributed by atoms with van der Waals surface area (Å²) in [4.78, 5) is 0. The molecule has 6 aliphatic rings. The van der Waals surface area contributed by atoms with E-state index in [1.165, 1.54) is 0 Å². The van der Waals surface area contributed by atoms with Crippen LogP contribution in [0.2, 0.25) is 0 Å². The van der Waals surface area contributed by atoms with Crippen molar-refractivity contribution in [3.8, 4) is 12.3 Å². The molecule has 6 heterocycles. The van der Waals surface area contributed by atoms with Crippen LogP contribution in [0.5, 0.6) is 0 Å². The lowest BCUT2D eigenvalue weighted by Crippen LogP contribution is -2.63. The first-order chi connectivity index (χ1) is 40.8. The fourth-order valence-corrected chi connectivity index (χ4v) is 11.9. The van der Waals surface area contributed by atoms with Crippen LogP contribution in [0.15, 0.2) is 91.0 Å². The summed E-state index contributed by atoms with van der Waals surface area (Å²) in [7, 11) is 0. The third-order valence-electron chi connectivity index (χ3n) is 17.3. The van der Waals surface area contributed by atoms with Gasteiger partial charge in [0.15, 0.2) is 37.7 Å². The molecule has 9 N–H and O–H groups in total. The standard InChI is InChI=1S/C63H91N3O18/c1-6-7-17-24-70-61-55(64)38(3)58(47(28-67)77-61)83-53-26-45(72-33-42-20-13-9-14-21-42)50(35-75-53)81-63-57(66)40(5)60(49(30-69)79-63)84-54-27-46(73-34-43-22-15-10-16-23-43)51(36-76-54)80-62-56(65)39(4)59(48(29-68)78-62)82-52-25-44(37(2)31-74-52)71-32-41-18-11-8-12-19-41/h1,8-16,18-23,37-40,44-63,67-69H,7,17,24-36,64-66H2,2-5H3/t37-,38+,39+,40+,44-,45-,46-,47?,48?,49?,50-,51-,52-,53-,54-,55?,56?,57?,58+,59+,60+,61+,62-,63-/m0/s1. The smallest absolute Gasteiger partial charge is 0.174 e. The van der Waals surface area contributed by atoms with Gasteiger partial charge in [0.2, 0.25) is 0 Å². The summed E-state index contributed by atoms with van der Waals surface area (Å²) in [5.41, 5.74) is 23.6. The lowest BCUT2D eigenvalue weighted by molar-refractivity contribution is -0.344. The van der Waals surface area contributed by atoms with Crippen LogP contribution in [0.4, 0.5) is 0 Å². The van der Waals surface area contributed by atoms with Crippen LogP contribution in [-0.4, -0.2) is 185 Å². The molecule has 3 aromatic carbocycles. The van der Waals surface area contributed by atoms with Gasteiger partial charge in [-0.05, 0) is 23.1 Å².